The van der Waals surface area contributed by atoms with Crippen molar-refractivity contribution in [2.24, 2.45) is 0 Å². The van der Waals surface area contributed by atoms with E-state index < -0.39 is 0 Å². The molecular formula is C11H20N4O. The number of hydrogen-bond donors (Lipinski definition) is 2. The van der Waals surface area contributed by atoms with E-state index in [2.05, 4.69) is 27.5 Å². The van der Waals surface area contributed by atoms with Gasteiger partial charge in [0.25, 0.3) is 0 Å². The Hall–Kier alpha value is -1.04. The molecule has 1 heterocycles. The second-order valence-electron chi connectivity index (χ2n) is 3.68. The predicted octanol–water partition coefficient (Wildman–Crippen LogP) is 0.191. The van der Waals surface area contributed by atoms with Crippen molar-refractivity contribution in [2.45, 2.75) is 19.5 Å². The van der Waals surface area contributed by atoms with Crippen LogP contribution in [0.15, 0.2) is 18.6 Å². The molecule has 0 amide bonds. The molecule has 0 aliphatic rings. The maximum Gasteiger partial charge on any atom is 0.0724 e. The Labute approximate surface area is 96.6 Å². The van der Waals surface area contributed by atoms with E-state index in [0.717, 1.165) is 31.9 Å². The summed E-state index contributed by atoms with van der Waals surface area (Å²) in [5, 5.41) is 6.67. The van der Waals surface area contributed by atoms with Crippen molar-refractivity contribution in [1.82, 2.24) is 20.6 Å². The van der Waals surface area contributed by atoms with Crippen molar-refractivity contribution in [3.63, 3.8) is 0 Å². The number of nitrogens with one attached hydrogen (secondary N) is 2. The van der Waals surface area contributed by atoms with Gasteiger partial charge in [0.2, 0.25) is 0 Å². The lowest BCUT2D eigenvalue weighted by molar-refractivity contribution is 0.198. The Kier molecular flexibility index (Phi) is 6.64. The number of ether oxygens (including phenoxy) is 1. The molecule has 16 heavy (non-hydrogen) atoms. The van der Waals surface area contributed by atoms with Crippen molar-refractivity contribution >= 4 is 0 Å². The number of hydrogen-bond acceptors (Lipinski definition) is 5. The minimum Gasteiger partial charge on any atom is -0.383 e. The van der Waals surface area contributed by atoms with Crippen LogP contribution in [-0.4, -0.2) is 42.8 Å². The fourth-order valence-corrected chi connectivity index (χ4v) is 1.27. The SMILES string of the molecule is COCCNCC(C)NCc1cnccn1. The molecule has 2 N–H and O–H groups in total. The van der Waals surface area contributed by atoms with Crippen LogP contribution in [0.2, 0.25) is 0 Å². The third-order valence-corrected chi connectivity index (χ3v) is 2.18. The third-order valence-electron chi connectivity index (χ3n) is 2.18. The molecule has 0 saturated carbocycles. The highest BCUT2D eigenvalue weighted by atomic mass is 16.5. The summed E-state index contributed by atoms with van der Waals surface area (Å²) < 4.78 is 4.95. The highest BCUT2D eigenvalue weighted by Gasteiger charge is 2.01. The maximum absolute atomic E-state index is 4.95. The first-order valence-corrected chi connectivity index (χ1v) is 5.51. The second-order valence-corrected chi connectivity index (χ2v) is 3.68. The van der Waals surface area contributed by atoms with Gasteiger partial charge in [-0.25, -0.2) is 0 Å². The van der Waals surface area contributed by atoms with Crippen LogP contribution in [0.5, 0.6) is 0 Å². The summed E-state index contributed by atoms with van der Waals surface area (Å²) in [6, 6.07) is 0.402. The topological polar surface area (TPSA) is 59.1 Å². The van der Waals surface area contributed by atoms with Gasteiger partial charge < -0.3 is 15.4 Å². The molecule has 5 nitrogen and oxygen atoms in total. The molecule has 0 radical (unpaired) electrons. The Balaban J connectivity index is 2.08. The van der Waals surface area contributed by atoms with Gasteiger partial charge in [-0.1, -0.05) is 0 Å². The molecule has 1 rings (SSSR count). The van der Waals surface area contributed by atoms with E-state index in [1.54, 1.807) is 25.7 Å². The standard InChI is InChI=1S/C11H20N4O/c1-10(7-13-5-6-16-2)15-9-11-8-12-3-4-14-11/h3-4,8,10,13,15H,5-7,9H2,1-2H3. The molecule has 0 aliphatic heterocycles. The second kappa shape index (κ2) is 8.15. The summed E-state index contributed by atoms with van der Waals surface area (Å²) in [4.78, 5) is 8.21. The molecule has 0 bridgehead atoms. The normalized spacial score (nSPS) is 12.6. The van der Waals surface area contributed by atoms with Gasteiger partial charge in [-0.05, 0) is 6.92 Å². The van der Waals surface area contributed by atoms with Crippen LogP contribution in [-0.2, 0) is 11.3 Å². The number of methoxy groups -OCH3 is 1. The molecule has 0 fully saturated rings. The van der Waals surface area contributed by atoms with Crippen molar-refractivity contribution in [3.8, 4) is 0 Å². The molecule has 0 aromatic carbocycles. The Bertz CT molecular complexity index is 268. The number of rotatable bonds is 8. The van der Waals surface area contributed by atoms with Gasteiger partial charge in [-0.3, -0.25) is 9.97 Å². The van der Waals surface area contributed by atoms with E-state index >= 15 is 0 Å². The highest BCUT2D eigenvalue weighted by molar-refractivity contribution is 4.94. The van der Waals surface area contributed by atoms with E-state index in [0.29, 0.717) is 6.04 Å². The van der Waals surface area contributed by atoms with Crippen LogP contribution in [0.1, 0.15) is 12.6 Å². The van der Waals surface area contributed by atoms with Crippen LogP contribution >= 0.6 is 0 Å². The van der Waals surface area contributed by atoms with Crippen molar-refractivity contribution in [2.75, 3.05) is 26.8 Å². The highest BCUT2D eigenvalue weighted by Crippen LogP contribution is 1.90. The van der Waals surface area contributed by atoms with Crippen molar-refractivity contribution in [3.05, 3.63) is 24.3 Å². The van der Waals surface area contributed by atoms with Crippen molar-refractivity contribution in [1.29, 1.82) is 0 Å². The molecule has 1 aromatic heterocycles. The molecule has 1 aromatic rings. The lowest BCUT2D eigenvalue weighted by Crippen LogP contribution is -2.37. The number of aromatic nitrogens is 2. The molecule has 1 atom stereocenters. The lowest BCUT2D eigenvalue weighted by Gasteiger charge is -2.14. The van der Waals surface area contributed by atoms with Crippen molar-refractivity contribution < 1.29 is 4.74 Å². The summed E-state index contributed by atoms with van der Waals surface area (Å²) in [7, 11) is 1.71. The molecule has 1 unspecified atom stereocenters. The van der Waals surface area contributed by atoms with E-state index in [-0.39, 0.29) is 0 Å². The van der Waals surface area contributed by atoms with Crippen LogP contribution in [0.3, 0.4) is 0 Å². The molecular weight excluding hydrogens is 204 g/mol. The zero-order chi connectivity index (χ0) is 11.6. The Morgan fingerprint density at radius 1 is 1.44 bits per heavy atom. The van der Waals surface area contributed by atoms with Crippen LogP contribution in [0, 0.1) is 0 Å². The Morgan fingerprint density at radius 3 is 3.00 bits per heavy atom. The summed E-state index contributed by atoms with van der Waals surface area (Å²) in [6.07, 6.45) is 5.16. The average Bonchev–Trinajstić information content (AvgIpc) is 2.33. The summed E-state index contributed by atoms with van der Waals surface area (Å²) in [5.74, 6) is 0. The molecule has 0 saturated heterocycles. The van der Waals surface area contributed by atoms with Crippen LogP contribution in [0.25, 0.3) is 0 Å². The van der Waals surface area contributed by atoms with E-state index in [1.807, 2.05) is 0 Å². The summed E-state index contributed by atoms with van der Waals surface area (Å²) in [5.41, 5.74) is 0.964. The Morgan fingerprint density at radius 2 is 2.31 bits per heavy atom. The fourth-order valence-electron chi connectivity index (χ4n) is 1.27. The van der Waals surface area contributed by atoms with Gasteiger partial charge in [-0.2, -0.15) is 0 Å². The van der Waals surface area contributed by atoms with E-state index in [4.69, 9.17) is 4.74 Å². The minimum absolute atomic E-state index is 0.402. The van der Waals surface area contributed by atoms with Gasteiger partial charge >= 0.3 is 0 Å². The lowest BCUT2D eigenvalue weighted by atomic mass is 10.3. The van der Waals surface area contributed by atoms with Gasteiger partial charge in [-0.15, -0.1) is 0 Å². The zero-order valence-electron chi connectivity index (χ0n) is 9.94. The van der Waals surface area contributed by atoms with Gasteiger partial charge in [0.15, 0.2) is 0 Å². The molecule has 5 heteroatoms. The first-order chi connectivity index (χ1) is 7.83. The van der Waals surface area contributed by atoms with Crippen LogP contribution < -0.4 is 10.6 Å². The first-order valence-electron chi connectivity index (χ1n) is 5.51. The third kappa shape index (κ3) is 5.75. The number of nitrogens with zero attached hydrogens (tertiary/aromatic N) is 2. The van der Waals surface area contributed by atoms with Gasteiger partial charge in [0.1, 0.15) is 0 Å². The van der Waals surface area contributed by atoms with E-state index in [9.17, 15) is 0 Å². The smallest absolute Gasteiger partial charge is 0.0724 e. The first kappa shape index (κ1) is 13.0. The quantitative estimate of drug-likeness (QED) is 0.617. The minimum atomic E-state index is 0.402. The molecule has 0 spiro atoms. The molecule has 0 aliphatic carbocycles. The fraction of sp³-hybridized carbons (Fsp3) is 0.636. The summed E-state index contributed by atoms with van der Waals surface area (Å²) in [6.45, 7) is 5.44. The van der Waals surface area contributed by atoms with Gasteiger partial charge in [0, 0.05) is 51.4 Å². The molecule has 90 valence electrons. The monoisotopic (exact) mass is 224 g/mol. The average molecular weight is 224 g/mol. The predicted molar refractivity (Wildman–Crippen MR) is 63.1 cm³/mol. The van der Waals surface area contributed by atoms with Crippen LogP contribution in [0.4, 0.5) is 0 Å². The maximum atomic E-state index is 4.95. The summed E-state index contributed by atoms with van der Waals surface area (Å²) >= 11 is 0. The van der Waals surface area contributed by atoms with Gasteiger partial charge in [0.05, 0.1) is 12.3 Å². The largest absolute Gasteiger partial charge is 0.383 e. The van der Waals surface area contributed by atoms with E-state index in [1.165, 1.54) is 0 Å². The zero-order valence-corrected chi connectivity index (χ0v) is 9.94.